The molecule has 0 radical (unpaired) electrons. The number of carbonyl (C=O) groups excluding carboxylic acids is 2. The fraction of sp³-hybridized carbons (Fsp3) is 0.429. The highest BCUT2D eigenvalue weighted by atomic mass is 35.5. The van der Waals surface area contributed by atoms with Crippen LogP contribution >= 0.6 is 22.9 Å². The van der Waals surface area contributed by atoms with Gasteiger partial charge < -0.3 is 14.8 Å². The Kier molecular flexibility index (Phi) is 7.29. The molecule has 1 aliphatic heterocycles. The van der Waals surface area contributed by atoms with E-state index in [0.717, 1.165) is 5.56 Å². The molecule has 156 valence electrons. The third-order valence-corrected chi connectivity index (χ3v) is 5.69. The predicted octanol–water partition coefficient (Wildman–Crippen LogP) is 4.29. The molecule has 2 heterocycles. The van der Waals surface area contributed by atoms with Crippen molar-refractivity contribution in [2.75, 3.05) is 31.6 Å². The van der Waals surface area contributed by atoms with Gasteiger partial charge in [-0.25, -0.2) is 4.79 Å². The van der Waals surface area contributed by atoms with E-state index in [1.807, 2.05) is 31.4 Å². The van der Waals surface area contributed by atoms with E-state index in [4.69, 9.17) is 21.1 Å². The normalized spacial score (nSPS) is 19.7. The van der Waals surface area contributed by atoms with Gasteiger partial charge in [0.2, 0.25) is 5.91 Å². The van der Waals surface area contributed by atoms with E-state index in [9.17, 15) is 9.59 Å². The van der Waals surface area contributed by atoms with Gasteiger partial charge in [0.15, 0.2) is 0 Å². The maximum absolute atomic E-state index is 12.7. The molecular weight excluding hydrogens is 412 g/mol. The molecule has 0 spiro atoms. The zero-order valence-corrected chi connectivity index (χ0v) is 18.3. The van der Waals surface area contributed by atoms with Crippen molar-refractivity contribution in [1.29, 1.82) is 0 Å². The van der Waals surface area contributed by atoms with Gasteiger partial charge in [-0.1, -0.05) is 23.7 Å². The van der Waals surface area contributed by atoms with E-state index in [2.05, 4.69) is 10.2 Å². The first-order valence-electron chi connectivity index (χ1n) is 9.59. The minimum Gasteiger partial charge on any atom is -0.462 e. The lowest BCUT2D eigenvalue weighted by Gasteiger charge is -2.34. The van der Waals surface area contributed by atoms with Crippen LogP contribution in [0.5, 0.6) is 0 Å². The van der Waals surface area contributed by atoms with E-state index in [1.165, 1.54) is 11.3 Å². The molecule has 6 nitrogen and oxygen atoms in total. The quantitative estimate of drug-likeness (QED) is 0.684. The molecule has 1 aromatic heterocycles. The van der Waals surface area contributed by atoms with E-state index in [0.29, 0.717) is 34.2 Å². The second-order valence-electron chi connectivity index (χ2n) is 7.08. The zero-order chi connectivity index (χ0) is 21.0. The summed E-state index contributed by atoms with van der Waals surface area (Å²) >= 11 is 7.29. The first-order valence-corrected chi connectivity index (χ1v) is 10.8. The van der Waals surface area contributed by atoms with Crippen LogP contribution in [0.3, 0.4) is 0 Å². The molecule has 2 atom stereocenters. The second-order valence-corrected chi connectivity index (χ2v) is 8.40. The van der Waals surface area contributed by atoms with Gasteiger partial charge in [0, 0.05) is 29.1 Å². The van der Waals surface area contributed by atoms with E-state index >= 15 is 0 Å². The van der Waals surface area contributed by atoms with Crippen LogP contribution in [0.1, 0.15) is 31.1 Å². The molecule has 1 aromatic carbocycles. The van der Waals surface area contributed by atoms with Crippen molar-refractivity contribution in [3.05, 3.63) is 40.2 Å². The molecule has 1 saturated heterocycles. The molecule has 1 amide bonds. The summed E-state index contributed by atoms with van der Waals surface area (Å²) in [5, 5.41) is 5.86. The maximum atomic E-state index is 12.7. The van der Waals surface area contributed by atoms with Crippen molar-refractivity contribution in [3.8, 4) is 11.1 Å². The Morgan fingerprint density at radius 3 is 2.52 bits per heavy atom. The average molecular weight is 437 g/mol. The summed E-state index contributed by atoms with van der Waals surface area (Å²) in [4.78, 5) is 27.3. The number of hydrogen-bond acceptors (Lipinski definition) is 6. The maximum Gasteiger partial charge on any atom is 0.341 e. The Bertz CT molecular complexity index is 858. The first kappa shape index (κ1) is 21.8. The van der Waals surface area contributed by atoms with Gasteiger partial charge in [0.25, 0.3) is 0 Å². The largest absolute Gasteiger partial charge is 0.462 e. The van der Waals surface area contributed by atoms with Gasteiger partial charge in [-0.15, -0.1) is 11.3 Å². The Hall–Kier alpha value is -1.93. The molecule has 3 rings (SSSR count). The smallest absolute Gasteiger partial charge is 0.341 e. The van der Waals surface area contributed by atoms with E-state index in [-0.39, 0.29) is 31.3 Å². The molecular formula is C21H25ClN2O4S. The van der Waals surface area contributed by atoms with Crippen LogP contribution in [0.25, 0.3) is 11.1 Å². The predicted molar refractivity (Wildman–Crippen MR) is 116 cm³/mol. The fourth-order valence-electron chi connectivity index (χ4n) is 3.48. The molecule has 0 bridgehead atoms. The summed E-state index contributed by atoms with van der Waals surface area (Å²) in [6.07, 6.45) is 0.166. The Labute approximate surface area is 179 Å². The van der Waals surface area contributed by atoms with Crippen LogP contribution in [-0.2, 0) is 14.3 Å². The van der Waals surface area contributed by atoms with Crippen molar-refractivity contribution in [2.45, 2.75) is 33.0 Å². The summed E-state index contributed by atoms with van der Waals surface area (Å²) in [6.45, 7) is 7.64. The second kappa shape index (κ2) is 9.71. The monoisotopic (exact) mass is 436 g/mol. The van der Waals surface area contributed by atoms with Crippen LogP contribution in [0.2, 0.25) is 5.02 Å². The Morgan fingerprint density at radius 1 is 1.24 bits per heavy atom. The van der Waals surface area contributed by atoms with Crippen molar-refractivity contribution < 1.29 is 19.1 Å². The fourth-order valence-corrected chi connectivity index (χ4v) is 4.58. The van der Waals surface area contributed by atoms with Gasteiger partial charge in [0.05, 0.1) is 25.4 Å². The third kappa shape index (κ3) is 5.57. The van der Waals surface area contributed by atoms with Crippen LogP contribution in [0.4, 0.5) is 5.00 Å². The highest BCUT2D eigenvalue weighted by Crippen LogP contribution is 2.36. The zero-order valence-electron chi connectivity index (χ0n) is 16.7. The van der Waals surface area contributed by atoms with Crippen LogP contribution in [0, 0.1) is 0 Å². The Morgan fingerprint density at radius 2 is 1.90 bits per heavy atom. The van der Waals surface area contributed by atoms with Gasteiger partial charge in [0.1, 0.15) is 10.6 Å². The molecule has 2 aromatic rings. The van der Waals surface area contributed by atoms with Gasteiger partial charge in [-0.2, -0.15) is 0 Å². The average Bonchev–Trinajstić information content (AvgIpc) is 3.05. The van der Waals surface area contributed by atoms with Crippen LogP contribution in [0.15, 0.2) is 29.6 Å². The van der Waals surface area contributed by atoms with Crippen molar-refractivity contribution in [1.82, 2.24) is 4.90 Å². The number of rotatable bonds is 6. The number of hydrogen-bond donors (Lipinski definition) is 1. The molecule has 1 N–H and O–H groups in total. The number of esters is 1. The summed E-state index contributed by atoms with van der Waals surface area (Å²) in [7, 11) is 0. The molecule has 8 heteroatoms. The number of thiophene rings is 1. The highest BCUT2D eigenvalue weighted by molar-refractivity contribution is 7.15. The van der Waals surface area contributed by atoms with Gasteiger partial charge in [-0.3, -0.25) is 9.69 Å². The SMILES string of the molecule is CCOC(=O)c1c(-c2ccc(Cl)cc2)csc1NC(=O)CN1C[C@@H](C)O[C@H](C)C1. The molecule has 1 fully saturated rings. The number of nitrogens with zero attached hydrogens (tertiary/aromatic N) is 1. The lowest BCUT2D eigenvalue weighted by atomic mass is 10.0. The van der Waals surface area contributed by atoms with E-state index in [1.54, 1.807) is 19.1 Å². The topological polar surface area (TPSA) is 67.9 Å². The van der Waals surface area contributed by atoms with Crippen molar-refractivity contribution in [3.63, 3.8) is 0 Å². The number of benzene rings is 1. The number of nitrogens with one attached hydrogen (secondary N) is 1. The van der Waals surface area contributed by atoms with Crippen molar-refractivity contribution in [2.24, 2.45) is 0 Å². The molecule has 0 saturated carbocycles. The summed E-state index contributed by atoms with van der Waals surface area (Å²) in [5.74, 6) is -0.621. The van der Waals surface area contributed by atoms with Crippen LogP contribution in [-0.4, -0.2) is 55.2 Å². The number of morpholine rings is 1. The highest BCUT2D eigenvalue weighted by Gasteiger charge is 2.26. The van der Waals surface area contributed by atoms with Crippen molar-refractivity contribution >= 4 is 39.8 Å². The summed E-state index contributed by atoms with van der Waals surface area (Å²) in [6, 6.07) is 7.22. The molecule has 0 aliphatic carbocycles. The van der Waals surface area contributed by atoms with Gasteiger partial charge >= 0.3 is 5.97 Å². The summed E-state index contributed by atoms with van der Waals surface area (Å²) in [5.41, 5.74) is 1.93. The van der Waals surface area contributed by atoms with Gasteiger partial charge in [-0.05, 0) is 38.5 Å². The number of ether oxygens (including phenoxy) is 2. The first-order chi connectivity index (χ1) is 13.9. The molecule has 29 heavy (non-hydrogen) atoms. The van der Waals surface area contributed by atoms with E-state index < -0.39 is 5.97 Å². The molecule has 1 aliphatic rings. The number of halogens is 1. The Balaban J connectivity index is 1.80. The molecule has 0 unspecified atom stereocenters. The minimum atomic E-state index is -0.456. The number of anilines is 1. The lowest BCUT2D eigenvalue weighted by Crippen LogP contribution is -2.48. The minimum absolute atomic E-state index is 0.0832. The third-order valence-electron chi connectivity index (χ3n) is 4.54. The number of carbonyl (C=O) groups is 2. The number of amides is 1. The standard InChI is InChI=1S/C21H25ClN2O4S/c1-4-27-21(26)19-17(15-5-7-16(22)8-6-15)12-29-20(19)23-18(25)11-24-9-13(2)28-14(3)10-24/h5-8,12-14H,4,9-11H2,1-3H3,(H,23,25)/t13-,14-/m1/s1. The summed E-state index contributed by atoms with van der Waals surface area (Å²) < 4.78 is 10.9. The van der Waals surface area contributed by atoms with Crippen LogP contribution < -0.4 is 5.32 Å². The lowest BCUT2D eigenvalue weighted by molar-refractivity contribution is -0.121.